The standard InChI is InChI=1S/C11H15N7O2/c1-7(17-6-12-5-13-17)11-14-15-16-18(11)9(4-10(19)20)8-2-3-8/h5-9H,2-4H2,1H3,(H,19,20). The van der Waals surface area contributed by atoms with Gasteiger partial charge in [0.2, 0.25) is 0 Å². The van der Waals surface area contributed by atoms with E-state index in [1.807, 2.05) is 6.92 Å². The fraction of sp³-hybridized carbons (Fsp3) is 0.636. The number of hydrogen-bond donors (Lipinski definition) is 1. The minimum absolute atomic E-state index is 0.0345. The minimum Gasteiger partial charge on any atom is -0.481 e. The van der Waals surface area contributed by atoms with E-state index in [1.54, 1.807) is 15.7 Å². The largest absolute Gasteiger partial charge is 0.481 e. The first kappa shape index (κ1) is 12.7. The molecule has 2 aromatic heterocycles. The highest BCUT2D eigenvalue weighted by molar-refractivity contribution is 5.67. The molecule has 0 bridgehead atoms. The molecule has 1 aliphatic rings. The van der Waals surface area contributed by atoms with Gasteiger partial charge in [-0.15, -0.1) is 5.10 Å². The predicted molar refractivity (Wildman–Crippen MR) is 65.7 cm³/mol. The summed E-state index contributed by atoms with van der Waals surface area (Å²) in [5.74, 6) is 0.113. The van der Waals surface area contributed by atoms with Gasteiger partial charge in [-0.3, -0.25) is 4.79 Å². The van der Waals surface area contributed by atoms with E-state index in [-0.39, 0.29) is 18.5 Å². The lowest BCUT2D eigenvalue weighted by atomic mass is 10.1. The Balaban J connectivity index is 1.90. The Morgan fingerprint density at radius 3 is 2.95 bits per heavy atom. The van der Waals surface area contributed by atoms with Gasteiger partial charge in [0, 0.05) is 0 Å². The van der Waals surface area contributed by atoms with Crippen LogP contribution in [-0.4, -0.2) is 46.0 Å². The average molecular weight is 277 g/mol. The van der Waals surface area contributed by atoms with Crippen LogP contribution in [0.1, 0.15) is 44.1 Å². The molecule has 9 heteroatoms. The van der Waals surface area contributed by atoms with Crippen molar-refractivity contribution in [1.82, 2.24) is 35.0 Å². The number of aromatic nitrogens is 7. The van der Waals surface area contributed by atoms with E-state index in [9.17, 15) is 4.79 Å². The van der Waals surface area contributed by atoms with E-state index in [0.717, 1.165) is 12.8 Å². The quantitative estimate of drug-likeness (QED) is 0.808. The van der Waals surface area contributed by atoms with E-state index in [1.165, 1.54) is 6.33 Å². The smallest absolute Gasteiger partial charge is 0.305 e. The lowest BCUT2D eigenvalue weighted by molar-refractivity contribution is -0.138. The lowest BCUT2D eigenvalue weighted by Gasteiger charge is -2.18. The summed E-state index contributed by atoms with van der Waals surface area (Å²) in [6.45, 7) is 1.90. The molecule has 0 amide bonds. The first-order valence-corrected chi connectivity index (χ1v) is 6.50. The van der Waals surface area contributed by atoms with Gasteiger partial charge >= 0.3 is 5.97 Å². The number of carbonyl (C=O) groups is 1. The topological polar surface area (TPSA) is 112 Å². The fourth-order valence-electron chi connectivity index (χ4n) is 2.36. The Morgan fingerprint density at radius 2 is 2.35 bits per heavy atom. The van der Waals surface area contributed by atoms with Crippen LogP contribution in [0.15, 0.2) is 12.7 Å². The highest BCUT2D eigenvalue weighted by Crippen LogP contribution is 2.42. The van der Waals surface area contributed by atoms with Crippen molar-refractivity contribution >= 4 is 5.97 Å². The third kappa shape index (κ3) is 2.38. The molecule has 0 aromatic carbocycles. The van der Waals surface area contributed by atoms with Crippen LogP contribution < -0.4 is 0 Å². The second-order valence-electron chi connectivity index (χ2n) is 5.04. The molecule has 0 saturated heterocycles. The average Bonchev–Trinajstić information content (AvgIpc) is 2.94. The molecule has 3 rings (SSSR count). The molecule has 2 atom stereocenters. The molecule has 1 saturated carbocycles. The van der Waals surface area contributed by atoms with E-state index < -0.39 is 5.97 Å². The molecular formula is C11H15N7O2. The summed E-state index contributed by atoms with van der Waals surface area (Å²) in [6, 6.07) is -0.383. The van der Waals surface area contributed by atoms with Gasteiger partial charge in [-0.1, -0.05) is 0 Å². The number of tetrazole rings is 1. The third-order valence-electron chi connectivity index (χ3n) is 3.59. The van der Waals surface area contributed by atoms with Crippen molar-refractivity contribution in [1.29, 1.82) is 0 Å². The summed E-state index contributed by atoms with van der Waals surface area (Å²) >= 11 is 0. The number of aliphatic carboxylic acids is 1. The van der Waals surface area contributed by atoms with Crippen LogP contribution in [0, 0.1) is 5.92 Å². The Hall–Kier alpha value is -2.32. The highest BCUT2D eigenvalue weighted by atomic mass is 16.4. The third-order valence-corrected chi connectivity index (χ3v) is 3.59. The van der Waals surface area contributed by atoms with Crippen LogP contribution in [0.5, 0.6) is 0 Å². The summed E-state index contributed by atoms with van der Waals surface area (Å²) in [5.41, 5.74) is 0. The lowest BCUT2D eigenvalue weighted by Crippen LogP contribution is -2.22. The van der Waals surface area contributed by atoms with E-state index in [0.29, 0.717) is 11.7 Å². The maximum atomic E-state index is 11.0. The summed E-state index contributed by atoms with van der Waals surface area (Å²) in [7, 11) is 0. The molecule has 0 aliphatic heterocycles. The van der Waals surface area contributed by atoms with Crippen molar-refractivity contribution in [2.75, 3.05) is 0 Å². The van der Waals surface area contributed by atoms with Gasteiger partial charge in [0.1, 0.15) is 18.7 Å². The zero-order chi connectivity index (χ0) is 14.1. The first-order chi connectivity index (χ1) is 9.66. The second-order valence-corrected chi connectivity index (χ2v) is 5.04. The van der Waals surface area contributed by atoms with Crippen LogP contribution in [0.3, 0.4) is 0 Å². The van der Waals surface area contributed by atoms with E-state index >= 15 is 0 Å². The number of nitrogens with zero attached hydrogens (tertiary/aromatic N) is 7. The highest BCUT2D eigenvalue weighted by Gasteiger charge is 2.37. The number of carboxylic acid groups (broad SMARTS) is 1. The van der Waals surface area contributed by atoms with Gasteiger partial charge in [-0.25, -0.2) is 14.3 Å². The Kier molecular flexibility index (Phi) is 3.17. The molecule has 0 spiro atoms. The second kappa shape index (κ2) is 4.99. The maximum absolute atomic E-state index is 11.0. The van der Waals surface area contributed by atoms with Crippen molar-refractivity contribution in [2.45, 2.75) is 38.3 Å². The first-order valence-electron chi connectivity index (χ1n) is 6.50. The van der Waals surface area contributed by atoms with Crippen molar-refractivity contribution in [3.63, 3.8) is 0 Å². The molecule has 1 fully saturated rings. The van der Waals surface area contributed by atoms with Gasteiger partial charge in [-0.05, 0) is 36.1 Å². The Labute approximate surface area is 114 Å². The Bertz CT molecular complexity index is 590. The number of rotatable bonds is 6. The van der Waals surface area contributed by atoms with Crippen molar-refractivity contribution in [3.8, 4) is 0 Å². The van der Waals surface area contributed by atoms with Gasteiger partial charge in [0.15, 0.2) is 5.82 Å². The van der Waals surface area contributed by atoms with Crippen LogP contribution in [-0.2, 0) is 4.79 Å². The summed E-state index contributed by atoms with van der Waals surface area (Å²) in [5, 5.41) is 24.9. The molecule has 9 nitrogen and oxygen atoms in total. The van der Waals surface area contributed by atoms with Crippen molar-refractivity contribution in [3.05, 3.63) is 18.5 Å². The predicted octanol–water partition coefficient (Wildman–Crippen LogP) is 0.300. The van der Waals surface area contributed by atoms with Crippen molar-refractivity contribution in [2.24, 2.45) is 5.92 Å². The van der Waals surface area contributed by atoms with E-state index in [4.69, 9.17) is 5.11 Å². The molecular weight excluding hydrogens is 262 g/mol. The summed E-state index contributed by atoms with van der Waals surface area (Å²) in [6.07, 6.45) is 5.12. The zero-order valence-electron chi connectivity index (χ0n) is 11.0. The molecule has 2 aromatic rings. The molecule has 1 N–H and O–H groups in total. The zero-order valence-corrected chi connectivity index (χ0v) is 11.0. The van der Waals surface area contributed by atoms with Crippen LogP contribution >= 0.6 is 0 Å². The Morgan fingerprint density at radius 1 is 1.55 bits per heavy atom. The minimum atomic E-state index is -0.836. The summed E-state index contributed by atoms with van der Waals surface area (Å²) in [4.78, 5) is 14.9. The molecule has 2 heterocycles. The fourth-order valence-corrected chi connectivity index (χ4v) is 2.36. The normalized spacial score (nSPS) is 17.9. The molecule has 2 unspecified atom stereocenters. The molecule has 0 radical (unpaired) electrons. The molecule has 20 heavy (non-hydrogen) atoms. The number of hydrogen-bond acceptors (Lipinski definition) is 6. The van der Waals surface area contributed by atoms with Gasteiger partial charge < -0.3 is 5.11 Å². The molecule has 1 aliphatic carbocycles. The van der Waals surface area contributed by atoms with Crippen LogP contribution in [0.25, 0.3) is 0 Å². The maximum Gasteiger partial charge on any atom is 0.305 e. The number of carboxylic acids is 1. The monoisotopic (exact) mass is 277 g/mol. The summed E-state index contributed by atoms with van der Waals surface area (Å²) < 4.78 is 3.28. The van der Waals surface area contributed by atoms with Gasteiger partial charge in [-0.2, -0.15) is 5.10 Å². The van der Waals surface area contributed by atoms with Crippen molar-refractivity contribution < 1.29 is 9.90 Å². The van der Waals surface area contributed by atoms with Gasteiger partial charge in [0.25, 0.3) is 0 Å². The SMILES string of the molecule is CC(c1nnnn1C(CC(=O)O)C1CC1)n1cncn1. The van der Waals surface area contributed by atoms with Gasteiger partial charge in [0.05, 0.1) is 12.5 Å². The molecule has 106 valence electrons. The van der Waals surface area contributed by atoms with Crippen LogP contribution in [0.4, 0.5) is 0 Å². The van der Waals surface area contributed by atoms with Crippen LogP contribution in [0.2, 0.25) is 0 Å². The van der Waals surface area contributed by atoms with E-state index in [2.05, 4.69) is 25.6 Å².